The van der Waals surface area contributed by atoms with Gasteiger partial charge >= 0.3 is 0 Å². The number of aryl methyl sites for hydroxylation is 1. The number of hydrogen-bond donors (Lipinski definition) is 0. The van der Waals surface area contributed by atoms with Gasteiger partial charge in [-0.25, -0.2) is 0 Å². The fourth-order valence-electron chi connectivity index (χ4n) is 1.37. The first-order chi connectivity index (χ1) is 7.74. The number of ketones is 1. The summed E-state index contributed by atoms with van der Waals surface area (Å²) in [5.41, 5.74) is 1.80. The fourth-order valence-corrected chi connectivity index (χ4v) is 1.37. The first-order valence-corrected chi connectivity index (χ1v) is 5.40. The number of benzene rings is 1. The minimum Gasteiger partial charge on any atom is -0.385 e. The van der Waals surface area contributed by atoms with Crippen LogP contribution in [-0.4, -0.2) is 32.7 Å². The van der Waals surface area contributed by atoms with Gasteiger partial charge in [0.05, 0.1) is 0 Å². The molecule has 0 aliphatic heterocycles. The van der Waals surface area contributed by atoms with E-state index in [0.717, 1.165) is 12.0 Å². The third-order valence-corrected chi connectivity index (χ3v) is 2.21. The topological polar surface area (TPSA) is 35.5 Å². The highest BCUT2D eigenvalue weighted by atomic mass is 16.5. The van der Waals surface area contributed by atoms with E-state index < -0.39 is 0 Å². The van der Waals surface area contributed by atoms with Crippen LogP contribution in [0.4, 0.5) is 0 Å². The average molecular weight is 222 g/mol. The number of Topliss-reactive ketones (excluding diaryl/α,β-unsaturated/α-hetero) is 1. The van der Waals surface area contributed by atoms with Crippen molar-refractivity contribution in [1.29, 1.82) is 0 Å². The van der Waals surface area contributed by atoms with E-state index in [4.69, 9.17) is 9.47 Å². The zero-order chi connectivity index (χ0) is 11.8. The molecule has 0 atom stereocenters. The molecule has 0 aromatic heterocycles. The van der Waals surface area contributed by atoms with Crippen LogP contribution in [0.5, 0.6) is 0 Å². The minimum atomic E-state index is 0.0288. The van der Waals surface area contributed by atoms with Gasteiger partial charge in [0.25, 0.3) is 0 Å². The fraction of sp³-hybridized carbons (Fsp3) is 0.462. The largest absolute Gasteiger partial charge is 0.385 e. The number of rotatable bonds is 7. The third kappa shape index (κ3) is 4.55. The van der Waals surface area contributed by atoms with Crippen molar-refractivity contribution in [2.75, 3.05) is 26.9 Å². The van der Waals surface area contributed by atoms with Gasteiger partial charge in [-0.15, -0.1) is 0 Å². The van der Waals surface area contributed by atoms with Crippen molar-refractivity contribution in [2.45, 2.75) is 13.3 Å². The van der Waals surface area contributed by atoms with Gasteiger partial charge < -0.3 is 9.47 Å². The molecule has 1 aromatic carbocycles. The summed E-state index contributed by atoms with van der Waals surface area (Å²) >= 11 is 0. The van der Waals surface area contributed by atoms with E-state index in [9.17, 15) is 4.79 Å². The molecule has 0 aliphatic rings. The maximum atomic E-state index is 11.7. The van der Waals surface area contributed by atoms with Crippen LogP contribution in [0.3, 0.4) is 0 Å². The molecular weight excluding hydrogens is 204 g/mol. The second-order valence-electron chi connectivity index (χ2n) is 3.69. The molecule has 0 radical (unpaired) electrons. The first-order valence-electron chi connectivity index (χ1n) is 5.40. The van der Waals surface area contributed by atoms with Crippen molar-refractivity contribution in [3.8, 4) is 0 Å². The van der Waals surface area contributed by atoms with E-state index in [2.05, 4.69) is 0 Å². The molecular formula is C13H18O3. The van der Waals surface area contributed by atoms with E-state index in [0.29, 0.717) is 18.8 Å². The minimum absolute atomic E-state index is 0.0288. The Bertz CT molecular complexity index is 334. The summed E-state index contributed by atoms with van der Waals surface area (Å²) in [5.74, 6) is 0.0288. The molecule has 0 bridgehead atoms. The first kappa shape index (κ1) is 12.9. The van der Waals surface area contributed by atoms with Crippen LogP contribution < -0.4 is 0 Å². The summed E-state index contributed by atoms with van der Waals surface area (Å²) < 4.78 is 10.1. The molecule has 0 spiro atoms. The van der Waals surface area contributed by atoms with E-state index in [1.807, 2.05) is 31.2 Å². The van der Waals surface area contributed by atoms with Crippen molar-refractivity contribution in [1.82, 2.24) is 0 Å². The Balaban J connectivity index is 2.30. The highest BCUT2D eigenvalue weighted by Gasteiger charge is 2.05. The average Bonchev–Trinajstić information content (AvgIpc) is 2.28. The highest BCUT2D eigenvalue weighted by Crippen LogP contribution is 2.05. The van der Waals surface area contributed by atoms with Gasteiger partial charge in [-0.05, 0) is 19.4 Å². The molecule has 3 nitrogen and oxygen atoms in total. The molecule has 1 rings (SSSR count). The highest BCUT2D eigenvalue weighted by molar-refractivity contribution is 5.97. The van der Waals surface area contributed by atoms with Gasteiger partial charge in [0.15, 0.2) is 5.78 Å². The summed E-state index contributed by atoms with van der Waals surface area (Å²) in [7, 11) is 1.65. The molecule has 0 fully saturated rings. The van der Waals surface area contributed by atoms with Gasteiger partial charge in [-0.1, -0.05) is 23.8 Å². The van der Waals surface area contributed by atoms with Crippen LogP contribution in [0.25, 0.3) is 0 Å². The lowest BCUT2D eigenvalue weighted by Gasteiger charge is -2.04. The lowest BCUT2D eigenvalue weighted by atomic mass is 10.1. The molecule has 88 valence electrons. The second kappa shape index (κ2) is 7.14. The smallest absolute Gasteiger partial charge is 0.188 e. The Morgan fingerprint density at radius 2 is 2.12 bits per heavy atom. The summed E-state index contributed by atoms with van der Waals surface area (Å²) in [6.07, 6.45) is 0.817. The molecule has 0 amide bonds. The Hall–Kier alpha value is -1.19. The van der Waals surface area contributed by atoms with E-state index in [1.54, 1.807) is 7.11 Å². The number of carbonyl (C=O) groups is 1. The summed E-state index contributed by atoms with van der Waals surface area (Å²) in [6.45, 7) is 3.34. The summed E-state index contributed by atoms with van der Waals surface area (Å²) in [6, 6.07) is 7.54. The van der Waals surface area contributed by atoms with Crippen LogP contribution in [0.2, 0.25) is 0 Å². The monoisotopic (exact) mass is 222 g/mol. The van der Waals surface area contributed by atoms with E-state index >= 15 is 0 Å². The molecule has 0 heterocycles. The Kier molecular flexibility index (Phi) is 5.75. The molecule has 0 aliphatic carbocycles. The van der Waals surface area contributed by atoms with Gasteiger partial charge in [0.2, 0.25) is 0 Å². The molecule has 1 aromatic rings. The molecule has 0 N–H and O–H groups in total. The quantitative estimate of drug-likeness (QED) is 0.524. The summed E-state index contributed by atoms with van der Waals surface area (Å²) in [5, 5.41) is 0. The maximum absolute atomic E-state index is 11.7. The van der Waals surface area contributed by atoms with Crippen LogP contribution in [0.15, 0.2) is 24.3 Å². The SMILES string of the molecule is COCCCOCC(=O)c1cccc(C)c1. The predicted molar refractivity (Wildman–Crippen MR) is 62.8 cm³/mol. The molecule has 16 heavy (non-hydrogen) atoms. The van der Waals surface area contributed by atoms with Crippen LogP contribution in [0.1, 0.15) is 22.3 Å². The van der Waals surface area contributed by atoms with Crippen LogP contribution in [-0.2, 0) is 9.47 Å². The number of hydrogen-bond acceptors (Lipinski definition) is 3. The van der Waals surface area contributed by atoms with E-state index in [1.165, 1.54) is 0 Å². The Morgan fingerprint density at radius 1 is 1.31 bits per heavy atom. The number of ether oxygens (including phenoxy) is 2. The Morgan fingerprint density at radius 3 is 2.81 bits per heavy atom. The summed E-state index contributed by atoms with van der Waals surface area (Å²) in [4.78, 5) is 11.7. The van der Waals surface area contributed by atoms with Crippen LogP contribution >= 0.6 is 0 Å². The Labute approximate surface area is 96.4 Å². The molecule has 0 unspecified atom stereocenters. The molecule has 0 saturated heterocycles. The number of methoxy groups -OCH3 is 1. The second-order valence-corrected chi connectivity index (χ2v) is 3.69. The number of carbonyl (C=O) groups excluding carboxylic acids is 1. The zero-order valence-corrected chi connectivity index (χ0v) is 9.86. The predicted octanol–water partition coefficient (Wildman–Crippen LogP) is 2.23. The van der Waals surface area contributed by atoms with Gasteiger partial charge in [-0.2, -0.15) is 0 Å². The van der Waals surface area contributed by atoms with Crippen molar-refractivity contribution in [3.63, 3.8) is 0 Å². The zero-order valence-electron chi connectivity index (χ0n) is 9.86. The lowest BCUT2D eigenvalue weighted by Crippen LogP contribution is -2.10. The van der Waals surface area contributed by atoms with Gasteiger partial charge in [0.1, 0.15) is 6.61 Å². The van der Waals surface area contributed by atoms with Crippen molar-refractivity contribution in [2.24, 2.45) is 0 Å². The normalized spacial score (nSPS) is 10.4. The lowest BCUT2D eigenvalue weighted by molar-refractivity contribution is 0.0705. The maximum Gasteiger partial charge on any atom is 0.188 e. The van der Waals surface area contributed by atoms with Crippen LogP contribution in [0, 0.1) is 6.92 Å². The molecule has 3 heteroatoms. The van der Waals surface area contributed by atoms with Gasteiger partial charge in [-0.3, -0.25) is 4.79 Å². The third-order valence-electron chi connectivity index (χ3n) is 2.21. The standard InChI is InChI=1S/C13H18O3/c1-11-5-3-6-12(9-11)13(14)10-16-8-4-7-15-2/h3,5-6,9H,4,7-8,10H2,1-2H3. The van der Waals surface area contributed by atoms with Gasteiger partial charge in [0, 0.05) is 25.9 Å². The van der Waals surface area contributed by atoms with Crippen molar-refractivity contribution < 1.29 is 14.3 Å². The van der Waals surface area contributed by atoms with Crippen molar-refractivity contribution in [3.05, 3.63) is 35.4 Å². The molecule has 0 saturated carbocycles. The van der Waals surface area contributed by atoms with E-state index in [-0.39, 0.29) is 12.4 Å². The van der Waals surface area contributed by atoms with Crippen molar-refractivity contribution >= 4 is 5.78 Å².